The summed E-state index contributed by atoms with van der Waals surface area (Å²) in [4.78, 5) is 1.55. The van der Waals surface area contributed by atoms with Gasteiger partial charge < -0.3 is 5.32 Å². The molecule has 106 valence electrons. The van der Waals surface area contributed by atoms with Gasteiger partial charge in [-0.15, -0.1) is 11.3 Å². The lowest BCUT2D eigenvalue weighted by Crippen LogP contribution is -2.15. The van der Waals surface area contributed by atoms with Crippen LogP contribution in [0.3, 0.4) is 0 Å². The zero-order valence-electron chi connectivity index (χ0n) is 11.7. The molecule has 3 aromatic rings. The van der Waals surface area contributed by atoms with E-state index in [4.69, 9.17) is 0 Å². The standard InChI is InChI=1S/C17H17N3S/c1-2-16(14-9-11-21-17(14)3-1)19-13-6-4-12(5-7-13)15-8-10-18-20-15/h4-11,16,19H,1-3H2,(H,18,20). The Labute approximate surface area is 128 Å². The number of aryl methyl sites for hydroxylation is 1. The van der Waals surface area contributed by atoms with E-state index in [-0.39, 0.29) is 0 Å². The number of anilines is 1. The maximum absolute atomic E-state index is 3.99. The van der Waals surface area contributed by atoms with Gasteiger partial charge in [-0.3, -0.25) is 5.10 Å². The average Bonchev–Trinajstić information content (AvgIpc) is 3.20. The lowest BCUT2D eigenvalue weighted by Gasteiger charge is -2.24. The zero-order chi connectivity index (χ0) is 14.1. The second-order valence-electron chi connectivity index (χ2n) is 5.44. The Kier molecular flexibility index (Phi) is 3.24. The second kappa shape index (κ2) is 5.37. The summed E-state index contributed by atoms with van der Waals surface area (Å²) < 4.78 is 0. The Morgan fingerprint density at radius 1 is 1.14 bits per heavy atom. The van der Waals surface area contributed by atoms with Crippen LogP contribution in [0, 0.1) is 0 Å². The largest absolute Gasteiger partial charge is 0.378 e. The lowest BCUT2D eigenvalue weighted by atomic mass is 9.94. The first kappa shape index (κ1) is 12.7. The fraction of sp³-hybridized carbons (Fsp3) is 0.235. The molecule has 1 unspecified atom stereocenters. The SMILES string of the molecule is c1cc(-c2ccc(NC3CCCc4sccc43)cc2)[nH]n1. The van der Waals surface area contributed by atoms with Gasteiger partial charge in [-0.05, 0) is 60.0 Å². The van der Waals surface area contributed by atoms with E-state index >= 15 is 0 Å². The number of nitrogens with one attached hydrogen (secondary N) is 2. The molecule has 1 aliphatic carbocycles. The van der Waals surface area contributed by atoms with E-state index in [1.807, 2.05) is 17.4 Å². The van der Waals surface area contributed by atoms with Crippen molar-refractivity contribution in [1.29, 1.82) is 0 Å². The maximum Gasteiger partial charge on any atom is 0.0650 e. The van der Waals surface area contributed by atoms with Gasteiger partial charge in [0.25, 0.3) is 0 Å². The topological polar surface area (TPSA) is 40.7 Å². The highest BCUT2D eigenvalue weighted by atomic mass is 32.1. The molecule has 0 radical (unpaired) electrons. The van der Waals surface area contributed by atoms with Crippen LogP contribution in [-0.4, -0.2) is 10.2 Å². The molecular weight excluding hydrogens is 278 g/mol. The van der Waals surface area contributed by atoms with Gasteiger partial charge in [-0.2, -0.15) is 5.10 Å². The van der Waals surface area contributed by atoms with Crippen molar-refractivity contribution in [1.82, 2.24) is 10.2 Å². The van der Waals surface area contributed by atoms with Gasteiger partial charge in [0.15, 0.2) is 0 Å². The number of benzene rings is 1. The molecule has 1 aliphatic rings. The molecule has 2 aromatic heterocycles. The highest BCUT2D eigenvalue weighted by molar-refractivity contribution is 7.10. The predicted octanol–water partition coefficient (Wildman–Crippen LogP) is 4.63. The lowest BCUT2D eigenvalue weighted by molar-refractivity contribution is 0.609. The van der Waals surface area contributed by atoms with Crippen molar-refractivity contribution in [2.75, 3.05) is 5.32 Å². The van der Waals surface area contributed by atoms with Gasteiger partial charge in [0.1, 0.15) is 0 Å². The van der Waals surface area contributed by atoms with E-state index in [0.29, 0.717) is 6.04 Å². The second-order valence-corrected chi connectivity index (χ2v) is 6.44. The minimum atomic E-state index is 0.456. The molecule has 0 aliphatic heterocycles. The van der Waals surface area contributed by atoms with Crippen molar-refractivity contribution in [3.05, 3.63) is 58.4 Å². The molecule has 4 rings (SSSR count). The van der Waals surface area contributed by atoms with Crippen LogP contribution >= 0.6 is 11.3 Å². The number of hydrogen-bond donors (Lipinski definition) is 2. The molecule has 0 amide bonds. The summed E-state index contributed by atoms with van der Waals surface area (Å²) in [6.45, 7) is 0. The third-order valence-electron chi connectivity index (χ3n) is 4.09. The number of aromatic nitrogens is 2. The molecular formula is C17H17N3S. The maximum atomic E-state index is 3.99. The number of nitrogens with zero attached hydrogens (tertiary/aromatic N) is 1. The number of rotatable bonds is 3. The van der Waals surface area contributed by atoms with Crippen LogP contribution in [0.25, 0.3) is 11.3 Å². The molecule has 0 saturated carbocycles. The van der Waals surface area contributed by atoms with E-state index in [2.05, 4.69) is 51.2 Å². The molecule has 4 heteroatoms. The van der Waals surface area contributed by atoms with Crippen LogP contribution in [0.5, 0.6) is 0 Å². The summed E-state index contributed by atoms with van der Waals surface area (Å²) in [5.74, 6) is 0. The van der Waals surface area contributed by atoms with Crippen LogP contribution in [0.1, 0.15) is 29.3 Å². The molecule has 0 saturated heterocycles. The van der Waals surface area contributed by atoms with E-state index < -0.39 is 0 Å². The average molecular weight is 295 g/mol. The monoisotopic (exact) mass is 295 g/mol. The normalized spacial score (nSPS) is 17.4. The summed E-state index contributed by atoms with van der Waals surface area (Å²) in [7, 11) is 0. The molecule has 0 bridgehead atoms. The van der Waals surface area contributed by atoms with Gasteiger partial charge in [0.05, 0.1) is 11.7 Å². The van der Waals surface area contributed by atoms with Crippen molar-refractivity contribution >= 4 is 17.0 Å². The van der Waals surface area contributed by atoms with Crippen molar-refractivity contribution in [3.8, 4) is 11.3 Å². The van der Waals surface area contributed by atoms with Crippen LogP contribution in [-0.2, 0) is 6.42 Å². The molecule has 0 fully saturated rings. The minimum Gasteiger partial charge on any atom is -0.378 e. The first-order valence-electron chi connectivity index (χ1n) is 7.33. The molecule has 3 nitrogen and oxygen atoms in total. The number of thiophene rings is 1. The summed E-state index contributed by atoms with van der Waals surface area (Å²) in [6.07, 6.45) is 5.51. The summed E-state index contributed by atoms with van der Waals surface area (Å²) in [5.41, 5.74) is 4.89. The summed E-state index contributed by atoms with van der Waals surface area (Å²) in [5, 5.41) is 12.9. The quantitative estimate of drug-likeness (QED) is 0.739. The number of H-pyrrole nitrogens is 1. The first-order valence-corrected chi connectivity index (χ1v) is 8.21. The van der Waals surface area contributed by atoms with Crippen LogP contribution in [0.15, 0.2) is 48.0 Å². The van der Waals surface area contributed by atoms with E-state index in [0.717, 1.165) is 11.3 Å². The Morgan fingerprint density at radius 2 is 2.05 bits per heavy atom. The van der Waals surface area contributed by atoms with Gasteiger partial charge in [-0.25, -0.2) is 0 Å². The van der Waals surface area contributed by atoms with Crippen LogP contribution in [0.4, 0.5) is 5.69 Å². The number of aromatic amines is 1. The summed E-state index contributed by atoms with van der Waals surface area (Å²) >= 11 is 1.89. The van der Waals surface area contributed by atoms with E-state index in [1.165, 1.54) is 30.5 Å². The third kappa shape index (κ3) is 2.47. The minimum absolute atomic E-state index is 0.456. The Bertz CT molecular complexity index is 713. The van der Waals surface area contributed by atoms with Crippen molar-refractivity contribution in [2.24, 2.45) is 0 Å². The third-order valence-corrected chi connectivity index (χ3v) is 5.09. The van der Waals surface area contributed by atoms with Gasteiger partial charge in [0, 0.05) is 16.8 Å². The molecule has 1 aromatic carbocycles. The van der Waals surface area contributed by atoms with Crippen LogP contribution in [0.2, 0.25) is 0 Å². The van der Waals surface area contributed by atoms with Gasteiger partial charge in [0.2, 0.25) is 0 Å². The van der Waals surface area contributed by atoms with Gasteiger partial charge >= 0.3 is 0 Å². The van der Waals surface area contributed by atoms with Crippen molar-refractivity contribution in [2.45, 2.75) is 25.3 Å². The molecule has 0 spiro atoms. The smallest absolute Gasteiger partial charge is 0.0650 e. The highest BCUT2D eigenvalue weighted by Gasteiger charge is 2.20. The summed E-state index contributed by atoms with van der Waals surface area (Å²) in [6, 6.07) is 13.3. The fourth-order valence-electron chi connectivity index (χ4n) is 3.00. The predicted molar refractivity (Wildman–Crippen MR) is 87.6 cm³/mol. The van der Waals surface area contributed by atoms with Crippen LogP contribution < -0.4 is 5.32 Å². The number of hydrogen-bond acceptors (Lipinski definition) is 3. The molecule has 1 atom stereocenters. The molecule has 21 heavy (non-hydrogen) atoms. The van der Waals surface area contributed by atoms with Crippen molar-refractivity contribution in [3.63, 3.8) is 0 Å². The Balaban J connectivity index is 1.54. The Hall–Kier alpha value is -2.07. The highest BCUT2D eigenvalue weighted by Crippen LogP contribution is 2.35. The zero-order valence-corrected chi connectivity index (χ0v) is 12.5. The van der Waals surface area contributed by atoms with E-state index in [1.54, 1.807) is 11.1 Å². The number of fused-ring (bicyclic) bond motifs is 1. The molecule has 2 heterocycles. The Morgan fingerprint density at radius 3 is 2.86 bits per heavy atom. The van der Waals surface area contributed by atoms with Gasteiger partial charge in [-0.1, -0.05) is 12.1 Å². The molecule has 2 N–H and O–H groups in total. The fourth-order valence-corrected chi connectivity index (χ4v) is 3.99. The van der Waals surface area contributed by atoms with Crippen molar-refractivity contribution < 1.29 is 0 Å². The first-order chi connectivity index (χ1) is 10.4. The van der Waals surface area contributed by atoms with E-state index in [9.17, 15) is 0 Å².